The average molecular weight is 216 g/mol. The Kier molecular flexibility index (Phi) is 3.30. The molecule has 0 heterocycles. The molecule has 68 valence electrons. The van der Waals surface area contributed by atoms with E-state index in [9.17, 15) is 0 Å². The zero-order chi connectivity index (χ0) is 9.84. The summed E-state index contributed by atoms with van der Waals surface area (Å²) < 4.78 is 5.12. The second-order valence-corrected chi connectivity index (χ2v) is 3.12. The minimum atomic E-state index is 0.128. The van der Waals surface area contributed by atoms with Gasteiger partial charge in [-0.15, -0.1) is 6.42 Å². The Balaban J connectivity index is 3.00. The van der Waals surface area contributed by atoms with Gasteiger partial charge in [0.2, 0.25) is 0 Å². The Morgan fingerprint density at radius 1 is 1.38 bits per heavy atom. The Morgan fingerprint density at radius 3 is 2.38 bits per heavy atom. The topological polar surface area (TPSA) is 35.2 Å². The maximum absolute atomic E-state index is 5.81. The van der Waals surface area contributed by atoms with Crippen LogP contribution < -0.4 is 10.5 Å². The average Bonchev–Trinajstić information content (AvgIpc) is 2.02. The summed E-state index contributed by atoms with van der Waals surface area (Å²) in [4.78, 5) is 0. The molecule has 0 aliphatic carbocycles. The van der Waals surface area contributed by atoms with E-state index in [-0.39, 0.29) is 6.61 Å². The molecule has 0 aliphatic heterocycles. The van der Waals surface area contributed by atoms with Gasteiger partial charge >= 0.3 is 0 Å². The zero-order valence-electron chi connectivity index (χ0n) is 6.68. The second-order valence-electron chi connectivity index (χ2n) is 2.31. The molecule has 2 N–H and O–H groups in total. The molecule has 0 bridgehead atoms. The van der Waals surface area contributed by atoms with Gasteiger partial charge in [0, 0.05) is 5.69 Å². The molecule has 13 heavy (non-hydrogen) atoms. The van der Waals surface area contributed by atoms with E-state index in [2.05, 4.69) is 5.92 Å². The highest BCUT2D eigenvalue weighted by Crippen LogP contribution is 2.34. The van der Waals surface area contributed by atoms with E-state index < -0.39 is 0 Å². The summed E-state index contributed by atoms with van der Waals surface area (Å²) in [5.41, 5.74) is 5.98. The van der Waals surface area contributed by atoms with Crippen LogP contribution in [0.5, 0.6) is 5.75 Å². The maximum atomic E-state index is 5.81. The van der Waals surface area contributed by atoms with Gasteiger partial charge in [0.15, 0.2) is 5.75 Å². The lowest BCUT2D eigenvalue weighted by atomic mass is 10.3. The molecule has 0 aliphatic rings. The van der Waals surface area contributed by atoms with Crippen LogP contribution in [-0.2, 0) is 0 Å². The van der Waals surface area contributed by atoms with E-state index in [0.717, 1.165) is 0 Å². The normalized spacial score (nSPS) is 9.31. The third-order valence-corrected chi connectivity index (χ3v) is 1.88. The molecule has 0 radical (unpaired) electrons. The van der Waals surface area contributed by atoms with E-state index in [0.29, 0.717) is 21.5 Å². The Labute approximate surface area is 86.6 Å². The highest BCUT2D eigenvalue weighted by molar-refractivity contribution is 6.37. The second kappa shape index (κ2) is 4.27. The molecule has 0 spiro atoms. The first-order chi connectivity index (χ1) is 6.15. The van der Waals surface area contributed by atoms with Crippen molar-refractivity contribution in [2.24, 2.45) is 0 Å². The first-order valence-corrected chi connectivity index (χ1v) is 4.21. The summed E-state index contributed by atoms with van der Waals surface area (Å²) in [6.45, 7) is 0.128. The number of rotatable bonds is 2. The van der Waals surface area contributed by atoms with Crippen molar-refractivity contribution < 1.29 is 4.74 Å². The number of terminal acetylenes is 1. The first kappa shape index (κ1) is 10.0. The summed E-state index contributed by atoms with van der Waals surface area (Å²) in [5.74, 6) is 2.69. The van der Waals surface area contributed by atoms with Gasteiger partial charge in [-0.05, 0) is 12.1 Å². The van der Waals surface area contributed by atoms with Crippen molar-refractivity contribution in [1.82, 2.24) is 0 Å². The van der Waals surface area contributed by atoms with Crippen LogP contribution in [0.25, 0.3) is 0 Å². The molecule has 0 aromatic heterocycles. The molecule has 2 nitrogen and oxygen atoms in total. The van der Waals surface area contributed by atoms with Crippen molar-refractivity contribution in [1.29, 1.82) is 0 Å². The zero-order valence-corrected chi connectivity index (χ0v) is 8.19. The molecule has 0 unspecified atom stereocenters. The van der Waals surface area contributed by atoms with Crippen molar-refractivity contribution in [3.63, 3.8) is 0 Å². The number of hydrogen-bond donors (Lipinski definition) is 1. The number of nitrogens with two attached hydrogens (primary N) is 1. The predicted octanol–water partition coefficient (Wildman–Crippen LogP) is 2.59. The number of anilines is 1. The summed E-state index contributed by atoms with van der Waals surface area (Å²) in [5, 5.41) is 0.723. The van der Waals surface area contributed by atoms with Gasteiger partial charge in [-0.2, -0.15) is 0 Å². The van der Waals surface area contributed by atoms with E-state index in [1.807, 2.05) is 0 Å². The summed E-state index contributed by atoms with van der Waals surface area (Å²) >= 11 is 11.6. The van der Waals surface area contributed by atoms with Gasteiger partial charge < -0.3 is 10.5 Å². The molecule has 1 aromatic carbocycles. The first-order valence-electron chi connectivity index (χ1n) is 3.46. The largest absolute Gasteiger partial charge is 0.478 e. The number of benzene rings is 1. The lowest BCUT2D eigenvalue weighted by molar-refractivity contribution is 0.371. The summed E-state index contributed by atoms with van der Waals surface area (Å²) in [7, 11) is 0. The predicted molar refractivity (Wildman–Crippen MR) is 55.2 cm³/mol. The summed E-state index contributed by atoms with van der Waals surface area (Å²) in [6.07, 6.45) is 5.02. The smallest absolute Gasteiger partial charge is 0.158 e. The Bertz CT molecular complexity index is 334. The van der Waals surface area contributed by atoms with Gasteiger partial charge in [0.05, 0.1) is 10.0 Å². The third kappa shape index (κ3) is 2.45. The van der Waals surface area contributed by atoms with Crippen molar-refractivity contribution in [3.8, 4) is 18.1 Å². The molecule has 0 saturated heterocycles. The van der Waals surface area contributed by atoms with Crippen LogP contribution in [0.1, 0.15) is 0 Å². The molecular weight excluding hydrogens is 209 g/mol. The quantitative estimate of drug-likeness (QED) is 0.609. The number of hydrogen-bond acceptors (Lipinski definition) is 2. The van der Waals surface area contributed by atoms with E-state index in [1.165, 1.54) is 0 Å². The molecule has 1 aromatic rings. The lowest BCUT2D eigenvalue weighted by Crippen LogP contribution is -1.96. The highest BCUT2D eigenvalue weighted by atomic mass is 35.5. The molecule has 0 saturated carbocycles. The molecule has 4 heteroatoms. The fraction of sp³-hybridized carbons (Fsp3) is 0.111. The van der Waals surface area contributed by atoms with Crippen LogP contribution in [0.2, 0.25) is 10.0 Å². The van der Waals surface area contributed by atoms with Crippen LogP contribution in [0.4, 0.5) is 5.69 Å². The van der Waals surface area contributed by atoms with Crippen LogP contribution >= 0.6 is 23.2 Å². The van der Waals surface area contributed by atoms with Crippen LogP contribution in [0.3, 0.4) is 0 Å². The van der Waals surface area contributed by atoms with Crippen LogP contribution in [-0.4, -0.2) is 6.61 Å². The highest BCUT2D eigenvalue weighted by Gasteiger charge is 2.07. The lowest BCUT2D eigenvalue weighted by Gasteiger charge is -2.07. The fourth-order valence-electron chi connectivity index (χ4n) is 0.831. The molecular formula is C9H7Cl2NO. The van der Waals surface area contributed by atoms with Gasteiger partial charge in [0.25, 0.3) is 0 Å². The molecule has 1 rings (SSSR count). The molecule has 0 atom stereocenters. The maximum Gasteiger partial charge on any atom is 0.158 e. The SMILES string of the molecule is C#CCOc1c(Cl)cc(N)cc1Cl. The van der Waals surface area contributed by atoms with Gasteiger partial charge in [0.1, 0.15) is 6.61 Å². The molecule has 0 amide bonds. The minimum absolute atomic E-state index is 0.128. The third-order valence-electron chi connectivity index (χ3n) is 1.32. The fourth-order valence-corrected chi connectivity index (χ4v) is 1.44. The number of nitrogen functional groups attached to an aromatic ring is 1. The van der Waals surface area contributed by atoms with Crippen molar-refractivity contribution in [2.75, 3.05) is 12.3 Å². The Morgan fingerprint density at radius 2 is 1.92 bits per heavy atom. The standard InChI is InChI=1S/C9H7Cl2NO/c1-2-3-13-9-7(10)4-6(12)5-8(9)11/h1,4-5H,3,12H2. The van der Waals surface area contributed by atoms with E-state index >= 15 is 0 Å². The monoisotopic (exact) mass is 215 g/mol. The molecule has 0 fully saturated rings. The van der Waals surface area contributed by atoms with Gasteiger partial charge in [-0.25, -0.2) is 0 Å². The number of ether oxygens (including phenoxy) is 1. The van der Waals surface area contributed by atoms with Crippen LogP contribution in [0.15, 0.2) is 12.1 Å². The number of halogens is 2. The van der Waals surface area contributed by atoms with Gasteiger partial charge in [-0.1, -0.05) is 29.1 Å². The van der Waals surface area contributed by atoms with Crippen molar-refractivity contribution >= 4 is 28.9 Å². The summed E-state index contributed by atoms with van der Waals surface area (Å²) in [6, 6.07) is 3.11. The minimum Gasteiger partial charge on any atom is -0.478 e. The van der Waals surface area contributed by atoms with Crippen molar-refractivity contribution in [3.05, 3.63) is 22.2 Å². The Hall–Kier alpha value is -1.04. The van der Waals surface area contributed by atoms with Crippen molar-refractivity contribution in [2.45, 2.75) is 0 Å². The van der Waals surface area contributed by atoms with E-state index in [4.69, 9.17) is 40.1 Å². The van der Waals surface area contributed by atoms with E-state index in [1.54, 1.807) is 12.1 Å². The van der Waals surface area contributed by atoms with Crippen LogP contribution in [0, 0.1) is 12.3 Å². The van der Waals surface area contributed by atoms with Gasteiger partial charge in [-0.3, -0.25) is 0 Å².